The maximum Gasteiger partial charge on any atom is 0.0697 e. The van der Waals surface area contributed by atoms with E-state index < -0.39 is 1.93 Å². The van der Waals surface area contributed by atoms with E-state index in [1.54, 1.807) is 63.6 Å². The van der Waals surface area contributed by atoms with Crippen LogP contribution in [0.4, 0.5) is 3.89 Å². The van der Waals surface area contributed by atoms with Gasteiger partial charge in [-0.3, -0.25) is 0 Å². The van der Waals surface area contributed by atoms with Crippen LogP contribution in [0.5, 0.6) is 0 Å². The molecule has 0 nitrogen and oxygen atoms in total. The van der Waals surface area contributed by atoms with Crippen molar-refractivity contribution in [3.05, 3.63) is 0 Å². The molecule has 0 radical (unpaired) electrons. The van der Waals surface area contributed by atoms with Crippen LogP contribution in [0, 0.1) is 0 Å². The van der Waals surface area contributed by atoms with E-state index in [1.807, 2.05) is 0 Å². The molecule has 0 spiro atoms. The van der Waals surface area contributed by atoms with E-state index in [2.05, 4.69) is 0 Å². The number of rotatable bonds is 0. The van der Waals surface area contributed by atoms with Crippen molar-refractivity contribution in [3.8, 4) is 0 Å². The Labute approximate surface area is 68.0 Å². The lowest BCUT2D eigenvalue weighted by Crippen LogP contribution is -1.30. The van der Waals surface area contributed by atoms with Gasteiger partial charge in [0.15, 0.2) is 0 Å². The third-order valence-electron chi connectivity index (χ3n) is 0. The molecular weight excluding hydrogens is 432 g/mol. The molecule has 0 unspecified atom stereocenters. The van der Waals surface area contributed by atoms with E-state index in [0.717, 1.165) is 0 Å². The lowest BCUT2D eigenvalue weighted by Gasteiger charge is -1.97. The predicted octanol–water partition coefficient (Wildman–Crippen LogP) is 3.73. The molecule has 0 N–H and O–H groups in total. The first kappa shape index (κ1) is 7.47. The van der Waals surface area contributed by atoms with Crippen LogP contribution in [0.15, 0.2) is 0 Å². The Kier molecular flexibility index (Phi) is 4.03. The molecule has 0 aromatic rings. The summed E-state index contributed by atoms with van der Waals surface area (Å²) in [5.41, 5.74) is 0. The average Bonchev–Trinajstić information content (AvgIpc) is 0.722. The van der Waals surface area contributed by atoms with Gasteiger partial charge in [0.2, 0.25) is 0 Å². The summed E-state index contributed by atoms with van der Waals surface area (Å²) in [6.07, 6.45) is 0. The maximum atomic E-state index is 11.7. The third-order valence-corrected chi connectivity index (χ3v) is 0. The van der Waals surface area contributed by atoms with Crippen LogP contribution in [0.2, 0.25) is 0 Å². The molecule has 0 aromatic carbocycles. The zero-order chi connectivity index (χ0) is 4.50. The molecule has 0 aliphatic carbocycles. The van der Waals surface area contributed by atoms with Gasteiger partial charge in [-0.05, 0) is 0 Å². The van der Waals surface area contributed by atoms with Crippen molar-refractivity contribution in [2.75, 3.05) is 0 Å². The van der Waals surface area contributed by atoms with E-state index >= 15 is 0 Å². The maximum absolute atomic E-state index is 11.7. The Morgan fingerprint density at radius 3 is 1.20 bits per heavy atom. The molecule has 0 rings (SSSR count). The molecule has 0 saturated carbocycles. The smallest absolute Gasteiger partial charge is 0.0697 e. The predicted molar refractivity (Wildman–Crippen MR) is 50.8 cm³/mol. The minimum absolute atomic E-state index is 1.76. The molecule has 0 aromatic heterocycles. The number of halogens is 4. The van der Waals surface area contributed by atoms with Crippen LogP contribution in [0.25, 0.3) is 0 Å². The number of hydrogen-bond acceptors (Lipinski definition) is 0. The van der Waals surface area contributed by atoms with Crippen LogP contribution < -0.4 is 0 Å². The van der Waals surface area contributed by atoms with E-state index in [4.69, 9.17) is 0 Å². The molecule has 0 fully saturated rings. The van der Waals surface area contributed by atoms with Gasteiger partial charge in [0.05, 0.1) is 1.93 Å². The second-order valence-electron chi connectivity index (χ2n) is 0.350. The summed E-state index contributed by atoms with van der Waals surface area (Å²) in [4.78, 5) is 0. The lowest BCUT2D eigenvalue weighted by atomic mass is 18.9. The van der Waals surface area contributed by atoms with Crippen LogP contribution in [-0.2, 0) is 0 Å². The highest BCUT2D eigenvalue weighted by molar-refractivity contribution is 14.5. The fourth-order valence-corrected chi connectivity index (χ4v) is 0. The fourth-order valence-electron chi connectivity index (χ4n) is 0. The first-order valence-electron chi connectivity index (χ1n) is 0.617. The lowest BCUT2D eigenvalue weighted by molar-refractivity contribution is 0.952. The van der Waals surface area contributed by atoms with Gasteiger partial charge in [0, 0.05) is 63.6 Å². The first-order valence-corrected chi connectivity index (χ1v) is 9.78. The molecule has 0 amide bonds. The van der Waals surface area contributed by atoms with Gasteiger partial charge >= 0.3 is 0 Å². The quantitative estimate of drug-likeness (QED) is 0.513. The Hall–Kier alpha value is 2.47. The summed E-state index contributed by atoms with van der Waals surface area (Å²) in [7, 11) is 0. The van der Waals surface area contributed by atoms with Crippen molar-refractivity contribution in [3.63, 3.8) is 0 Å². The Balaban J connectivity index is 3.02. The van der Waals surface area contributed by atoms with Gasteiger partial charge < -0.3 is 0 Å². The summed E-state index contributed by atoms with van der Waals surface area (Å²) in [6.45, 7) is 0. The van der Waals surface area contributed by atoms with Gasteiger partial charge in [-0.15, -0.1) is 0 Å². The minimum atomic E-state index is -1.76. The van der Waals surface area contributed by atoms with Crippen LogP contribution in [0.1, 0.15) is 0 Å². The summed E-state index contributed by atoms with van der Waals surface area (Å²) >= 11 is 5.30. The van der Waals surface area contributed by atoms with Gasteiger partial charge in [-0.1, -0.05) is 0 Å². The Morgan fingerprint density at radius 1 is 1.20 bits per heavy atom. The van der Waals surface area contributed by atoms with Crippen molar-refractivity contribution >= 4 is 65.5 Å². The van der Waals surface area contributed by atoms with Crippen molar-refractivity contribution in [2.45, 2.75) is 0 Å². The monoisotopic (exact) mass is 432 g/mol. The molecule has 5 heavy (non-hydrogen) atoms. The Morgan fingerprint density at radius 2 is 1.20 bits per heavy atom. The second kappa shape index (κ2) is 2.70. The average molecular weight is 432 g/mol. The Bertz CT molecular complexity index is 22.4. The largest absolute Gasteiger partial charge is 0.159 e. The van der Waals surface area contributed by atoms with Gasteiger partial charge in [0.25, 0.3) is 0 Å². The molecule has 0 heterocycles. The van der Waals surface area contributed by atoms with E-state index in [1.165, 1.54) is 0 Å². The molecule has 0 atom stereocenters. The number of hydrogen-bond donors (Lipinski definition) is 0. The van der Waals surface area contributed by atoms with Crippen molar-refractivity contribution in [2.24, 2.45) is 0 Å². The molecule has 0 aliphatic rings. The molecule has 0 aliphatic heterocycles. The topological polar surface area (TPSA) is 0 Å². The molecule has 0 bridgehead atoms. The summed E-state index contributed by atoms with van der Waals surface area (Å²) in [5, 5.41) is 0. The molecule has 0 saturated heterocycles. The molecule has 5 heteroatoms. The SMILES string of the molecule is FS(I)(I)I. The standard InChI is InChI=1S/FI3S/c1-5(2,3)4. The summed E-state index contributed by atoms with van der Waals surface area (Å²) < 4.78 is 9.97. The van der Waals surface area contributed by atoms with Crippen LogP contribution in [0.3, 0.4) is 0 Å². The van der Waals surface area contributed by atoms with Gasteiger partial charge in [-0.25, -0.2) is 0 Å². The fraction of sp³-hybridized carbons (Fsp3) is 0. The van der Waals surface area contributed by atoms with E-state index in [-0.39, 0.29) is 0 Å². The van der Waals surface area contributed by atoms with Gasteiger partial charge in [-0.2, -0.15) is 3.89 Å². The second-order valence-corrected chi connectivity index (χ2v) is 27.1. The minimum Gasteiger partial charge on any atom is -0.159 e. The summed E-state index contributed by atoms with van der Waals surface area (Å²) in [6, 6.07) is 0. The zero-order valence-electron chi connectivity index (χ0n) is 1.92. The van der Waals surface area contributed by atoms with Gasteiger partial charge in [0.1, 0.15) is 0 Å². The van der Waals surface area contributed by atoms with Crippen LogP contribution >= 0.6 is 65.5 Å². The van der Waals surface area contributed by atoms with Crippen LogP contribution in [-0.4, -0.2) is 0 Å². The zero-order valence-corrected chi connectivity index (χ0v) is 9.21. The van der Waals surface area contributed by atoms with Crippen molar-refractivity contribution in [1.82, 2.24) is 0 Å². The van der Waals surface area contributed by atoms with E-state index in [9.17, 15) is 3.89 Å². The highest BCUT2D eigenvalue weighted by Gasteiger charge is 2.03. The van der Waals surface area contributed by atoms with Crippen molar-refractivity contribution in [1.29, 1.82) is 0 Å². The molecular formula is FI3S. The molecule has 34 valence electrons. The van der Waals surface area contributed by atoms with Crippen molar-refractivity contribution < 1.29 is 3.89 Å². The highest BCUT2D eigenvalue weighted by Crippen LogP contribution is 2.72. The van der Waals surface area contributed by atoms with E-state index in [0.29, 0.717) is 0 Å². The highest BCUT2D eigenvalue weighted by atomic mass is 127. The first-order chi connectivity index (χ1) is 2.00. The third kappa shape index (κ3) is 21.2. The normalized spacial score (nSPS) is 15.2. The summed E-state index contributed by atoms with van der Waals surface area (Å²) in [5.74, 6) is 0.